The van der Waals surface area contributed by atoms with E-state index in [0.29, 0.717) is 18.0 Å². The molecule has 1 aliphatic rings. The van der Waals surface area contributed by atoms with Gasteiger partial charge in [-0.3, -0.25) is 14.6 Å². The van der Waals surface area contributed by atoms with E-state index >= 15 is 0 Å². The summed E-state index contributed by atoms with van der Waals surface area (Å²) in [7, 11) is 3.50. The molecular weight excluding hydrogens is 336 g/mol. The minimum absolute atomic E-state index is 0.0274. The number of carbonyl (C=O) groups is 2. The molecule has 2 amide bonds. The molecule has 0 radical (unpaired) electrons. The largest absolute Gasteiger partial charge is 0.344 e. The van der Waals surface area contributed by atoms with Crippen LogP contribution in [0.2, 0.25) is 0 Å². The average Bonchev–Trinajstić information content (AvgIpc) is 3.16. The lowest BCUT2D eigenvalue weighted by Crippen LogP contribution is -2.37. The number of aromatic nitrogens is 2. The highest BCUT2D eigenvalue weighted by molar-refractivity contribution is 7.20. The van der Waals surface area contributed by atoms with Gasteiger partial charge in [-0.1, -0.05) is 20.8 Å². The molecule has 0 N–H and O–H groups in total. The Hall–Kier alpha value is -2.02. The quantitative estimate of drug-likeness (QED) is 0.826. The number of nitrogens with zero attached hydrogens (tertiary/aromatic N) is 4. The smallest absolute Gasteiger partial charge is 0.263 e. The molecule has 0 unspecified atom stereocenters. The van der Waals surface area contributed by atoms with Crippen LogP contribution in [0.4, 0.5) is 0 Å². The summed E-state index contributed by atoms with van der Waals surface area (Å²) in [5.41, 5.74) is 1.36. The van der Waals surface area contributed by atoms with Crippen LogP contribution < -0.4 is 0 Å². The van der Waals surface area contributed by atoms with Gasteiger partial charge in [-0.25, -0.2) is 4.98 Å². The Kier molecular flexibility index (Phi) is 4.53. The van der Waals surface area contributed by atoms with Crippen LogP contribution in [-0.4, -0.2) is 58.8 Å². The van der Waals surface area contributed by atoms with Gasteiger partial charge >= 0.3 is 0 Å². The average molecular weight is 360 g/mol. The van der Waals surface area contributed by atoms with Crippen molar-refractivity contribution in [3.05, 3.63) is 22.8 Å². The van der Waals surface area contributed by atoms with Crippen LogP contribution in [-0.2, 0) is 4.79 Å². The van der Waals surface area contributed by atoms with Crippen LogP contribution in [0.25, 0.3) is 10.3 Å². The molecule has 0 saturated carbocycles. The molecule has 3 rings (SSSR count). The van der Waals surface area contributed by atoms with Gasteiger partial charge in [0.2, 0.25) is 5.91 Å². The van der Waals surface area contributed by atoms with Gasteiger partial charge in [0, 0.05) is 56.5 Å². The van der Waals surface area contributed by atoms with Crippen molar-refractivity contribution in [3.63, 3.8) is 0 Å². The van der Waals surface area contributed by atoms with Crippen LogP contribution >= 0.6 is 11.3 Å². The second-order valence-electron chi connectivity index (χ2n) is 7.74. The number of hydrogen-bond acceptors (Lipinski definition) is 5. The standard InChI is InChI=1S/C18H24N4O2S/c1-18(2,3)17(24)22-9-6-11(10-22)12-13-15(20-8-7-19-13)25-14(12)16(23)21(4)5/h7-8,11H,6,9-10H2,1-5H3/t11-/m1/s1. The highest BCUT2D eigenvalue weighted by Crippen LogP contribution is 2.39. The zero-order valence-corrected chi connectivity index (χ0v) is 16.2. The molecule has 1 atom stereocenters. The fourth-order valence-electron chi connectivity index (χ4n) is 3.24. The van der Waals surface area contributed by atoms with Crippen molar-refractivity contribution in [1.29, 1.82) is 0 Å². The van der Waals surface area contributed by atoms with E-state index in [1.807, 2.05) is 25.7 Å². The number of rotatable bonds is 2. The summed E-state index contributed by atoms with van der Waals surface area (Å²) in [6.45, 7) is 7.17. The third-order valence-electron chi connectivity index (χ3n) is 4.49. The predicted molar refractivity (Wildman–Crippen MR) is 98.8 cm³/mol. The molecule has 0 aliphatic carbocycles. The molecular formula is C18H24N4O2S. The van der Waals surface area contributed by atoms with Gasteiger partial charge in [0.15, 0.2) is 0 Å². The minimum atomic E-state index is -0.395. The molecule has 2 aromatic rings. The molecule has 1 fully saturated rings. The fourth-order valence-corrected chi connectivity index (χ4v) is 4.45. The van der Waals surface area contributed by atoms with E-state index in [4.69, 9.17) is 0 Å². The lowest BCUT2D eigenvalue weighted by atomic mass is 9.94. The second kappa shape index (κ2) is 6.37. The zero-order chi connectivity index (χ0) is 18.4. The zero-order valence-electron chi connectivity index (χ0n) is 15.4. The first kappa shape index (κ1) is 17.8. The number of likely N-dealkylation sites (tertiary alicyclic amines) is 1. The number of thiophene rings is 1. The molecule has 1 saturated heterocycles. The van der Waals surface area contributed by atoms with Gasteiger partial charge in [0.1, 0.15) is 10.3 Å². The van der Waals surface area contributed by atoms with Gasteiger partial charge < -0.3 is 9.80 Å². The molecule has 2 aromatic heterocycles. The number of amides is 2. The summed E-state index contributed by atoms with van der Waals surface area (Å²) >= 11 is 1.39. The third-order valence-corrected chi connectivity index (χ3v) is 5.58. The molecule has 0 aromatic carbocycles. The van der Waals surface area contributed by atoms with Crippen molar-refractivity contribution >= 4 is 33.5 Å². The maximum atomic E-state index is 12.7. The Morgan fingerprint density at radius 2 is 1.92 bits per heavy atom. The van der Waals surface area contributed by atoms with E-state index in [0.717, 1.165) is 22.3 Å². The lowest BCUT2D eigenvalue weighted by Gasteiger charge is -2.25. The van der Waals surface area contributed by atoms with Gasteiger partial charge in [0.25, 0.3) is 5.91 Å². The van der Waals surface area contributed by atoms with Crippen LogP contribution in [0.1, 0.15) is 48.3 Å². The topological polar surface area (TPSA) is 66.4 Å². The Balaban J connectivity index is 2.00. The van der Waals surface area contributed by atoms with Crippen molar-refractivity contribution in [3.8, 4) is 0 Å². The van der Waals surface area contributed by atoms with Gasteiger partial charge in [-0.2, -0.15) is 0 Å². The molecule has 7 heteroatoms. The molecule has 3 heterocycles. The van der Waals surface area contributed by atoms with Crippen LogP contribution in [0.5, 0.6) is 0 Å². The van der Waals surface area contributed by atoms with Gasteiger partial charge in [-0.15, -0.1) is 11.3 Å². The summed E-state index contributed by atoms with van der Waals surface area (Å²) in [4.78, 5) is 39.1. The van der Waals surface area contributed by atoms with Crippen LogP contribution in [0.15, 0.2) is 12.4 Å². The van der Waals surface area contributed by atoms with Crippen molar-refractivity contribution in [2.45, 2.75) is 33.1 Å². The summed E-state index contributed by atoms with van der Waals surface area (Å²) in [6, 6.07) is 0. The molecule has 6 nitrogen and oxygen atoms in total. The SMILES string of the molecule is CN(C)C(=O)c1sc2nccnc2c1[C@@H]1CCN(C(=O)C(C)(C)C)C1. The normalized spacial score (nSPS) is 18.0. The molecule has 134 valence electrons. The Bertz CT molecular complexity index is 822. The highest BCUT2D eigenvalue weighted by Gasteiger charge is 2.36. The Morgan fingerprint density at radius 3 is 2.56 bits per heavy atom. The molecule has 0 bridgehead atoms. The van der Waals surface area contributed by atoms with Crippen molar-refractivity contribution in [1.82, 2.24) is 19.8 Å². The first-order valence-corrected chi connectivity index (χ1v) is 9.26. The molecule has 1 aliphatic heterocycles. The van der Waals surface area contributed by atoms with Crippen molar-refractivity contribution in [2.24, 2.45) is 5.41 Å². The summed E-state index contributed by atoms with van der Waals surface area (Å²) < 4.78 is 0. The Morgan fingerprint density at radius 1 is 1.24 bits per heavy atom. The van der Waals surface area contributed by atoms with Crippen molar-refractivity contribution in [2.75, 3.05) is 27.2 Å². The van der Waals surface area contributed by atoms with Crippen molar-refractivity contribution < 1.29 is 9.59 Å². The second-order valence-corrected chi connectivity index (χ2v) is 8.74. The maximum absolute atomic E-state index is 12.7. The van der Waals surface area contributed by atoms with Crippen LogP contribution in [0.3, 0.4) is 0 Å². The first-order chi connectivity index (χ1) is 11.7. The monoisotopic (exact) mass is 360 g/mol. The first-order valence-electron chi connectivity index (χ1n) is 8.44. The minimum Gasteiger partial charge on any atom is -0.344 e. The van der Waals surface area contributed by atoms with Gasteiger partial charge in [0.05, 0.1) is 4.88 Å². The van der Waals surface area contributed by atoms with E-state index in [-0.39, 0.29) is 17.7 Å². The highest BCUT2D eigenvalue weighted by atomic mass is 32.1. The summed E-state index contributed by atoms with van der Waals surface area (Å²) in [6.07, 6.45) is 4.16. The molecule has 0 spiro atoms. The third kappa shape index (κ3) is 3.25. The van der Waals surface area contributed by atoms with E-state index < -0.39 is 5.41 Å². The van der Waals surface area contributed by atoms with E-state index in [9.17, 15) is 9.59 Å². The summed E-state index contributed by atoms with van der Waals surface area (Å²) in [5, 5.41) is 0. The summed E-state index contributed by atoms with van der Waals surface area (Å²) in [5.74, 6) is 0.247. The predicted octanol–water partition coefficient (Wildman–Crippen LogP) is 2.76. The van der Waals surface area contributed by atoms with E-state index in [1.54, 1.807) is 31.4 Å². The number of carbonyl (C=O) groups excluding carboxylic acids is 2. The van der Waals surface area contributed by atoms with Crippen LogP contribution in [0, 0.1) is 5.41 Å². The van der Waals surface area contributed by atoms with E-state index in [1.165, 1.54) is 11.3 Å². The number of fused-ring (bicyclic) bond motifs is 1. The lowest BCUT2D eigenvalue weighted by molar-refractivity contribution is -0.138. The Labute approximate surface area is 151 Å². The van der Waals surface area contributed by atoms with Gasteiger partial charge in [-0.05, 0) is 6.42 Å². The maximum Gasteiger partial charge on any atom is 0.263 e. The molecule has 25 heavy (non-hydrogen) atoms. The van der Waals surface area contributed by atoms with E-state index in [2.05, 4.69) is 9.97 Å². The fraction of sp³-hybridized carbons (Fsp3) is 0.556. The number of hydrogen-bond donors (Lipinski definition) is 0.